The second kappa shape index (κ2) is 4.14. The normalized spacial score (nSPS) is 10.3. The maximum absolute atomic E-state index is 12.6. The molecule has 0 amide bonds. The van der Waals surface area contributed by atoms with Crippen LogP contribution in [0.5, 0.6) is 0 Å². The van der Waals surface area contributed by atoms with Crippen molar-refractivity contribution in [1.29, 1.82) is 0 Å². The molecule has 1 aromatic heterocycles. The molecule has 0 aliphatic heterocycles. The Labute approximate surface area is 90.0 Å². The van der Waals surface area contributed by atoms with Crippen molar-refractivity contribution in [2.24, 2.45) is 0 Å². The van der Waals surface area contributed by atoms with Gasteiger partial charge >= 0.3 is 5.69 Å². The molecule has 0 aliphatic carbocycles. The van der Waals surface area contributed by atoms with Crippen molar-refractivity contribution in [2.75, 3.05) is 0 Å². The lowest BCUT2D eigenvalue weighted by molar-refractivity contribution is 0.625. The fourth-order valence-corrected chi connectivity index (χ4v) is 1.36. The van der Waals surface area contributed by atoms with E-state index in [0.29, 0.717) is 6.54 Å². The van der Waals surface area contributed by atoms with Crippen LogP contribution >= 0.6 is 0 Å². The van der Waals surface area contributed by atoms with Crippen LogP contribution < -0.4 is 11.2 Å². The molecule has 1 aromatic carbocycles. The van der Waals surface area contributed by atoms with E-state index in [1.807, 2.05) is 0 Å². The Morgan fingerprint density at radius 3 is 2.44 bits per heavy atom. The molecule has 2 aromatic rings. The molecule has 0 radical (unpaired) electrons. The molecule has 4 nitrogen and oxygen atoms in total. The molecule has 0 atom stereocenters. The highest BCUT2D eigenvalue weighted by atomic mass is 19.1. The van der Waals surface area contributed by atoms with Crippen LogP contribution in [0, 0.1) is 5.82 Å². The zero-order valence-corrected chi connectivity index (χ0v) is 8.31. The first-order chi connectivity index (χ1) is 7.65. The maximum atomic E-state index is 12.6. The van der Waals surface area contributed by atoms with Crippen LogP contribution in [-0.4, -0.2) is 9.55 Å². The summed E-state index contributed by atoms with van der Waals surface area (Å²) >= 11 is 0. The highest BCUT2D eigenvalue weighted by molar-refractivity contribution is 5.16. The Bertz CT molecular complexity index is 598. The summed E-state index contributed by atoms with van der Waals surface area (Å²) < 4.78 is 14.0. The van der Waals surface area contributed by atoms with Crippen LogP contribution in [0.1, 0.15) is 5.56 Å². The van der Waals surface area contributed by atoms with E-state index in [4.69, 9.17) is 0 Å². The minimum atomic E-state index is -0.475. The van der Waals surface area contributed by atoms with Gasteiger partial charge in [0.1, 0.15) is 5.82 Å². The summed E-state index contributed by atoms with van der Waals surface area (Å²) in [4.78, 5) is 24.3. The van der Waals surface area contributed by atoms with Gasteiger partial charge in [-0.05, 0) is 17.7 Å². The molecule has 1 N–H and O–H groups in total. The number of nitrogens with one attached hydrogen (secondary N) is 1. The van der Waals surface area contributed by atoms with E-state index in [0.717, 1.165) is 5.56 Å². The van der Waals surface area contributed by atoms with Gasteiger partial charge < -0.3 is 0 Å². The van der Waals surface area contributed by atoms with Crippen molar-refractivity contribution < 1.29 is 4.39 Å². The third-order valence-electron chi connectivity index (χ3n) is 2.16. The Balaban J connectivity index is 2.30. The monoisotopic (exact) mass is 220 g/mol. The minimum absolute atomic E-state index is 0.301. The third-order valence-corrected chi connectivity index (χ3v) is 2.16. The van der Waals surface area contributed by atoms with Crippen molar-refractivity contribution >= 4 is 0 Å². The van der Waals surface area contributed by atoms with Gasteiger partial charge in [-0.25, -0.2) is 9.18 Å². The fourth-order valence-electron chi connectivity index (χ4n) is 1.36. The summed E-state index contributed by atoms with van der Waals surface area (Å²) in [7, 11) is 0. The molecule has 5 heteroatoms. The number of hydrogen-bond donors (Lipinski definition) is 1. The van der Waals surface area contributed by atoms with Gasteiger partial charge in [0.25, 0.3) is 5.56 Å². The van der Waals surface area contributed by atoms with Gasteiger partial charge in [0.15, 0.2) is 0 Å². The van der Waals surface area contributed by atoms with E-state index >= 15 is 0 Å². The quantitative estimate of drug-likeness (QED) is 0.810. The number of nitrogens with zero attached hydrogens (tertiary/aromatic N) is 1. The molecule has 0 bridgehead atoms. The van der Waals surface area contributed by atoms with Crippen LogP contribution in [0.15, 0.2) is 46.1 Å². The highest BCUT2D eigenvalue weighted by Gasteiger charge is 1.98. The Hall–Kier alpha value is -2.17. The predicted molar refractivity (Wildman–Crippen MR) is 56.8 cm³/mol. The lowest BCUT2D eigenvalue weighted by Gasteiger charge is -2.04. The average molecular weight is 220 g/mol. The van der Waals surface area contributed by atoms with Crippen molar-refractivity contribution in [3.05, 3.63) is 68.7 Å². The summed E-state index contributed by atoms with van der Waals surface area (Å²) in [5.74, 6) is -0.322. The highest BCUT2D eigenvalue weighted by Crippen LogP contribution is 2.03. The minimum Gasteiger partial charge on any atom is -0.296 e. The second-order valence-corrected chi connectivity index (χ2v) is 3.36. The molecule has 16 heavy (non-hydrogen) atoms. The first-order valence-corrected chi connectivity index (χ1v) is 4.69. The van der Waals surface area contributed by atoms with Crippen LogP contribution in [0.25, 0.3) is 0 Å². The summed E-state index contributed by atoms with van der Waals surface area (Å²) in [6.45, 7) is 0.301. The zero-order chi connectivity index (χ0) is 11.5. The van der Waals surface area contributed by atoms with E-state index in [1.54, 1.807) is 12.1 Å². The van der Waals surface area contributed by atoms with Gasteiger partial charge in [0.05, 0.1) is 6.54 Å². The molecule has 0 fully saturated rings. The van der Waals surface area contributed by atoms with E-state index < -0.39 is 11.2 Å². The van der Waals surface area contributed by atoms with Crippen LogP contribution in [0.3, 0.4) is 0 Å². The van der Waals surface area contributed by atoms with Crippen molar-refractivity contribution in [3.8, 4) is 0 Å². The fraction of sp³-hybridized carbons (Fsp3) is 0.0909. The molecule has 2 rings (SSSR count). The number of hydrogen-bond acceptors (Lipinski definition) is 2. The number of H-pyrrole nitrogens is 1. The van der Waals surface area contributed by atoms with Crippen LogP contribution in [-0.2, 0) is 6.54 Å². The van der Waals surface area contributed by atoms with Crippen molar-refractivity contribution in [1.82, 2.24) is 9.55 Å². The van der Waals surface area contributed by atoms with Gasteiger partial charge in [-0.2, -0.15) is 0 Å². The number of halogens is 1. The van der Waals surface area contributed by atoms with Crippen LogP contribution in [0.2, 0.25) is 0 Å². The third kappa shape index (κ3) is 2.25. The number of aromatic nitrogens is 2. The Morgan fingerprint density at radius 2 is 1.81 bits per heavy atom. The topological polar surface area (TPSA) is 54.9 Å². The molecular weight excluding hydrogens is 211 g/mol. The van der Waals surface area contributed by atoms with E-state index in [1.165, 1.54) is 29.0 Å². The largest absolute Gasteiger partial charge is 0.328 e. The average Bonchev–Trinajstić information content (AvgIpc) is 2.25. The SMILES string of the molecule is O=c1ccn(Cc2ccc(F)cc2)c(=O)[nH]1. The maximum Gasteiger partial charge on any atom is 0.328 e. The van der Waals surface area contributed by atoms with Crippen molar-refractivity contribution in [2.45, 2.75) is 6.54 Å². The molecule has 0 saturated heterocycles. The van der Waals surface area contributed by atoms with E-state index in [9.17, 15) is 14.0 Å². The van der Waals surface area contributed by atoms with Gasteiger partial charge in [-0.15, -0.1) is 0 Å². The molecular formula is C11H9FN2O2. The molecule has 0 unspecified atom stereocenters. The van der Waals surface area contributed by atoms with Gasteiger partial charge in [-0.1, -0.05) is 12.1 Å². The summed E-state index contributed by atoms with van der Waals surface area (Å²) in [6, 6.07) is 7.10. The first-order valence-electron chi connectivity index (χ1n) is 4.69. The molecule has 0 spiro atoms. The zero-order valence-electron chi connectivity index (χ0n) is 8.31. The molecule has 0 aliphatic rings. The van der Waals surface area contributed by atoms with E-state index in [2.05, 4.69) is 4.98 Å². The van der Waals surface area contributed by atoms with Gasteiger partial charge in [-0.3, -0.25) is 14.3 Å². The lowest BCUT2D eigenvalue weighted by Crippen LogP contribution is -2.28. The summed E-state index contributed by atoms with van der Waals surface area (Å²) in [5, 5.41) is 0. The van der Waals surface area contributed by atoms with E-state index in [-0.39, 0.29) is 5.82 Å². The Morgan fingerprint density at radius 1 is 1.12 bits per heavy atom. The lowest BCUT2D eigenvalue weighted by atomic mass is 10.2. The van der Waals surface area contributed by atoms with Crippen LogP contribution in [0.4, 0.5) is 4.39 Å². The predicted octanol–water partition coefficient (Wildman–Crippen LogP) is 0.724. The number of aromatic amines is 1. The molecule has 82 valence electrons. The first kappa shape index (κ1) is 10.4. The molecule has 0 saturated carbocycles. The second-order valence-electron chi connectivity index (χ2n) is 3.36. The summed E-state index contributed by atoms with van der Waals surface area (Å²) in [5.41, 5.74) is -0.118. The van der Waals surface area contributed by atoms with Gasteiger partial charge in [0, 0.05) is 12.3 Å². The number of rotatable bonds is 2. The standard InChI is InChI=1S/C11H9FN2O2/c12-9-3-1-8(2-4-9)7-14-6-5-10(15)13-11(14)16/h1-6H,7H2,(H,13,15,16). The van der Waals surface area contributed by atoms with Crippen molar-refractivity contribution in [3.63, 3.8) is 0 Å². The molecule has 1 heterocycles. The smallest absolute Gasteiger partial charge is 0.296 e. The Kier molecular flexibility index (Phi) is 2.68. The summed E-state index contributed by atoms with van der Waals surface area (Å²) in [6.07, 6.45) is 1.41. The van der Waals surface area contributed by atoms with Gasteiger partial charge in [0.2, 0.25) is 0 Å². The number of benzene rings is 1.